The average Bonchev–Trinajstić information content (AvgIpc) is 2.89. The molecule has 0 fully saturated rings. The first-order valence-corrected chi connectivity index (χ1v) is 13.0. The van der Waals surface area contributed by atoms with E-state index in [1.54, 1.807) is 31.2 Å². The molecule has 0 aliphatic heterocycles. The Balaban J connectivity index is 1.90. The molecule has 0 N–H and O–H groups in total. The minimum atomic E-state index is -4.58. The van der Waals surface area contributed by atoms with Gasteiger partial charge in [-0.3, -0.25) is 14.2 Å². The van der Waals surface area contributed by atoms with Gasteiger partial charge in [0.15, 0.2) is 0 Å². The van der Waals surface area contributed by atoms with Gasteiger partial charge in [-0.2, -0.15) is 13.2 Å². The Bertz CT molecular complexity index is 1570. The van der Waals surface area contributed by atoms with Crippen LogP contribution in [-0.2, 0) is 6.18 Å². The Kier molecular flexibility index (Phi) is 7.95. The third kappa shape index (κ3) is 5.90. The molecule has 1 unspecified atom stereocenters. The van der Waals surface area contributed by atoms with Crippen molar-refractivity contribution in [2.75, 3.05) is 6.54 Å². The molecule has 0 saturated carbocycles. The fourth-order valence-electron chi connectivity index (χ4n) is 4.55. The van der Waals surface area contributed by atoms with Gasteiger partial charge in [-0.05, 0) is 86.7 Å². The summed E-state index contributed by atoms with van der Waals surface area (Å²) in [5.74, 6) is 0.0230. The van der Waals surface area contributed by atoms with Gasteiger partial charge in [0.2, 0.25) is 0 Å². The maximum absolute atomic E-state index is 13.8. The van der Waals surface area contributed by atoms with E-state index >= 15 is 0 Å². The molecule has 3 aromatic carbocycles. The van der Waals surface area contributed by atoms with E-state index in [0.29, 0.717) is 28.8 Å². The third-order valence-corrected chi connectivity index (χ3v) is 7.04. The predicted octanol–water partition coefficient (Wildman–Crippen LogP) is 7.27. The Morgan fingerprint density at radius 2 is 1.67 bits per heavy atom. The monoisotopic (exact) mass is 535 g/mol. The van der Waals surface area contributed by atoms with Crippen molar-refractivity contribution in [2.45, 2.75) is 53.3 Å². The van der Waals surface area contributed by atoms with Gasteiger partial charge >= 0.3 is 6.18 Å². The highest BCUT2D eigenvalue weighted by atomic mass is 19.4. The second-order valence-electron chi connectivity index (χ2n) is 10.3. The highest BCUT2D eigenvalue weighted by molar-refractivity contribution is 5.94. The van der Waals surface area contributed by atoms with Crippen LogP contribution in [0.2, 0.25) is 0 Å². The molecule has 0 spiro atoms. The van der Waals surface area contributed by atoms with Crippen molar-refractivity contribution in [3.8, 4) is 5.69 Å². The van der Waals surface area contributed by atoms with Crippen molar-refractivity contribution in [3.63, 3.8) is 0 Å². The number of aryl methyl sites for hydroxylation is 2. The number of para-hydroxylation sites is 1. The molecule has 0 radical (unpaired) electrons. The van der Waals surface area contributed by atoms with Crippen LogP contribution in [0.25, 0.3) is 16.6 Å². The smallest absolute Gasteiger partial charge is 0.329 e. The lowest BCUT2D eigenvalue weighted by atomic mass is 10.1. The quantitative estimate of drug-likeness (QED) is 0.250. The molecule has 1 amide bonds. The van der Waals surface area contributed by atoms with E-state index in [9.17, 15) is 22.8 Å². The molecule has 39 heavy (non-hydrogen) atoms. The van der Waals surface area contributed by atoms with Gasteiger partial charge in [0.1, 0.15) is 5.82 Å². The standard InChI is InChI=1S/C31H32F3N3O2/c1-19(2)15-16-36(29(38)23-9-8-10-24(18-23)31(32,33)34)22(5)28-35-27-12-7-6-11-26(27)30(39)37(28)25-14-13-20(3)21(4)17-25/h6-14,17-19,22H,15-16H2,1-5H3. The van der Waals surface area contributed by atoms with Gasteiger partial charge in [0.05, 0.1) is 28.2 Å². The summed E-state index contributed by atoms with van der Waals surface area (Å²) in [5, 5.41) is 0.435. The molecule has 0 aliphatic rings. The van der Waals surface area contributed by atoms with Crippen molar-refractivity contribution >= 4 is 16.8 Å². The number of halogens is 3. The maximum Gasteiger partial charge on any atom is 0.416 e. The van der Waals surface area contributed by atoms with Gasteiger partial charge in [0.25, 0.3) is 11.5 Å². The number of amides is 1. The fraction of sp³-hybridized carbons (Fsp3) is 0.323. The highest BCUT2D eigenvalue weighted by Crippen LogP contribution is 2.31. The van der Waals surface area contributed by atoms with Crippen LogP contribution in [0, 0.1) is 19.8 Å². The minimum Gasteiger partial charge on any atom is -0.329 e. The summed E-state index contributed by atoms with van der Waals surface area (Å²) >= 11 is 0. The lowest BCUT2D eigenvalue weighted by Gasteiger charge is -2.31. The van der Waals surface area contributed by atoms with Gasteiger partial charge in [-0.15, -0.1) is 0 Å². The van der Waals surface area contributed by atoms with Crippen molar-refractivity contribution < 1.29 is 18.0 Å². The predicted molar refractivity (Wildman–Crippen MR) is 147 cm³/mol. The molecule has 0 saturated heterocycles. The van der Waals surface area contributed by atoms with Crippen molar-refractivity contribution in [3.05, 3.63) is 105 Å². The summed E-state index contributed by atoms with van der Waals surface area (Å²) in [6.07, 6.45) is -3.95. The molecule has 8 heteroatoms. The molecule has 0 aliphatic carbocycles. The summed E-state index contributed by atoms with van der Waals surface area (Å²) in [4.78, 5) is 34.0. The zero-order valence-electron chi connectivity index (χ0n) is 22.7. The summed E-state index contributed by atoms with van der Waals surface area (Å²) in [5.41, 5.74) is 1.91. The summed E-state index contributed by atoms with van der Waals surface area (Å²) in [6, 6.07) is 16.4. The maximum atomic E-state index is 13.8. The van der Waals surface area contributed by atoms with Crippen LogP contribution >= 0.6 is 0 Å². The van der Waals surface area contributed by atoms with Crippen LogP contribution in [0.15, 0.2) is 71.5 Å². The summed E-state index contributed by atoms with van der Waals surface area (Å²) in [6.45, 7) is 10.00. The number of aromatic nitrogens is 2. The number of nitrogens with zero attached hydrogens (tertiary/aromatic N) is 3. The lowest BCUT2D eigenvalue weighted by Crippen LogP contribution is -2.38. The molecule has 4 rings (SSSR count). The van der Waals surface area contributed by atoms with Crippen LogP contribution < -0.4 is 5.56 Å². The molecule has 4 aromatic rings. The number of carbonyl (C=O) groups is 1. The van der Waals surface area contributed by atoms with Gasteiger partial charge < -0.3 is 4.90 Å². The molecule has 204 valence electrons. The SMILES string of the molecule is Cc1ccc(-n2c(C(C)N(CCC(C)C)C(=O)c3cccc(C(F)(F)F)c3)nc3ccccc3c2=O)cc1C. The second kappa shape index (κ2) is 11.0. The molecule has 5 nitrogen and oxygen atoms in total. The number of carbonyl (C=O) groups excluding carboxylic acids is 1. The van der Waals surface area contributed by atoms with E-state index in [-0.39, 0.29) is 23.6 Å². The van der Waals surface area contributed by atoms with Gasteiger partial charge in [0, 0.05) is 12.1 Å². The summed E-state index contributed by atoms with van der Waals surface area (Å²) in [7, 11) is 0. The van der Waals surface area contributed by atoms with E-state index in [1.165, 1.54) is 21.6 Å². The van der Waals surface area contributed by atoms with E-state index < -0.39 is 23.7 Å². The number of hydrogen-bond donors (Lipinski definition) is 0. The van der Waals surface area contributed by atoms with Crippen LogP contribution in [0.5, 0.6) is 0 Å². The van der Waals surface area contributed by atoms with Crippen LogP contribution in [-0.4, -0.2) is 26.9 Å². The highest BCUT2D eigenvalue weighted by Gasteiger charge is 2.33. The van der Waals surface area contributed by atoms with Gasteiger partial charge in [-0.1, -0.05) is 38.1 Å². The fourth-order valence-corrected chi connectivity index (χ4v) is 4.55. The van der Waals surface area contributed by atoms with E-state index in [4.69, 9.17) is 4.98 Å². The number of alkyl halides is 3. The number of benzene rings is 3. The topological polar surface area (TPSA) is 55.2 Å². The lowest BCUT2D eigenvalue weighted by molar-refractivity contribution is -0.137. The number of hydrogen-bond acceptors (Lipinski definition) is 3. The van der Waals surface area contributed by atoms with E-state index in [1.807, 2.05) is 45.9 Å². The van der Waals surface area contributed by atoms with Crippen LogP contribution in [0.3, 0.4) is 0 Å². The molecule has 1 atom stereocenters. The molecular formula is C31H32F3N3O2. The Labute approximate surface area is 225 Å². The zero-order valence-corrected chi connectivity index (χ0v) is 22.7. The van der Waals surface area contributed by atoms with Crippen molar-refractivity contribution in [1.82, 2.24) is 14.5 Å². The first kappa shape index (κ1) is 28.1. The first-order chi connectivity index (χ1) is 18.4. The number of rotatable bonds is 7. The van der Waals surface area contributed by atoms with E-state index in [0.717, 1.165) is 23.3 Å². The number of fused-ring (bicyclic) bond motifs is 1. The Hall–Kier alpha value is -3.94. The summed E-state index contributed by atoms with van der Waals surface area (Å²) < 4.78 is 41.8. The molecular weight excluding hydrogens is 503 g/mol. The largest absolute Gasteiger partial charge is 0.416 e. The first-order valence-electron chi connectivity index (χ1n) is 13.0. The average molecular weight is 536 g/mol. The van der Waals surface area contributed by atoms with Crippen LogP contribution in [0.1, 0.15) is 66.1 Å². The minimum absolute atomic E-state index is 0.0682. The normalized spacial score (nSPS) is 12.6. The van der Waals surface area contributed by atoms with Crippen molar-refractivity contribution in [1.29, 1.82) is 0 Å². The van der Waals surface area contributed by atoms with E-state index in [2.05, 4.69) is 0 Å². The molecule has 1 heterocycles. The van der Waals surface area contributed by atoms with Crippen molar-refractivity contribution in [2.24, 2.45) is 5.92 Å². The van der Waals surface area contributed by atoms with Gasteiger partial charge in [-0.25, -0.2) is 4.98 Å². The molecule has 1 aromatic heterocycles. The zero-order chi connectivity index (χ0) is 28.5. The third-order valence-electron chi connectivity index (χ3n) is 7.04. The Morgan fingerprint density at radius 3 is 2.33 bits per heavy atom. The second-order valence-corrected chi connectivity index (χ2v) is 10.3. The molecule has 0 bridgehead atoms. The Morgan fingerprint density at radius 1 is 0.949 bits per heavy atom. The van der Waals surface area contributed by atoms with Crippen LogP contribution in [0.4, 0.5) is 13.2 Å².